The number of hydrogen-bond donors (Lipinski definition) is 2. The first-order valence-corrected chi connectivity index (χ1v) is 8.49. The first-order valence-electron chi connectivity index (χ1n) is 6.64. The summed E-state index contributed by atoms with van der Waals surface area (Å²) in [6.07, 6.45) is 2.47. The second kappa shape index (κ2) is 7.81. The third-order valence-corrected chi connectivity index (χ3v) is 4.85. The normalized spacial score (nSPS) is 15.3. The lowest BCUT2D eigenvalue weighted by Gasteiger charge is -2.25. The van der Waals surface area contributed by atoms with Crippen LogP contribution in [0.2, 0.25) is 0 Å². The summed E-state index contributed by atoms with van der Waals surface area (Å²) < 4.78 is 24.1. The van der Waals surface area contributed by atoms with Gasteiger partial charge in [-0.1, -0.05) is 13.8 Å². The van der Waals surface area contributed by atoms with Crippen molar-refractivity contribution < 1.29 is 13.2 Å². The van der Waals surface area contributed by atoms with E-state index in [1.54, 1.807) is 6.92 Å². The van der Waals surface area contributed by atoms with Gasteiger partial charge in [0.25, 0.3) is 0 Å². The summed E-state index contributed by atoms with van der Waals surface area (Å²) >= 11 is 0. The van der Waals surface area contributed by atoms with E-state index in [-0.39, 0.29) is 5.91 Å². The van der Waals surface area contributed by atoms with Crippen molar-refractivity contribution in [3.8, 4) is 0 Å². The van der Waals surface area contributed by atoms with Gasteiger partial charge in [-0.2, -0.15) is 0 Å². The van der Waals surface area contributed by atoms with Crippen LogP contribution in [0.5, 0.6) is 0 Å². The fourth-order valence-corrected chi connectivity index (χ4v) is 2.56. The molecule has 0 aromatic heterocycles. The minimum Gasteiger partial charge on any atom is -0.356 e. The van der Waals surface area contributed by atoms with Gasteiger partial charge in [0.1, 0.15) is 0 Å². The molecule has 0 aliphatic carbocycles. The summed E-state index contributed by atoms with van der Waals surface area (Å²) in [7, 11) is -3.15. The van der Waals surface area contributed by atoms with Crippen molar-refractivity contribution in [1.29, 1.82) is 0 Å². The Labute approximate surface area is 116 Å². The maximum absolute atomic E-state index is 11.9. The van der Waals surface area contributed by atoms with Crippen LogP contribution in [0.4, 0.5) is 0 Å². The Kier molecular flexibility index (Phi) is 7.54. The molecule has 0 aromatic carbocycles. The summed E-state index contributed by atoms with van der Waals surface area (Å²) in [5, 5.41) is 2.82. The molecule has 0 aromatic rings. The third-order valence-electron chi connectivity index (χ3n) is 3.47. The zero-order chi connectivity index (χ0) is 15.1. The number of nitrogens with two attached hydrogens (primary N) is 1. The summed E-state index contributed by atoms with van der Waals surface area (Å²) in [4.78, 5) is 11.9. The molecule has 0 saturated heterocycles. The quantitative estimate of drug-likeness (QED) is 0.592. The number of nitrogens with one attached hydrogen (secondary N) is 1. The number of carbonyl (C=O) groups excluding carboxylic acids is 1. The van der Waals surface area contributed by atoms with Gasteiger partial charge in [-0.3, -0.25) is 4.79 Å². The number of amides is 1. The molecule has 3 N–H and O–H groups in total. The maximum atomic E-state index is 11.9. The van der Waals surface area contributed by atoms with Gasteiger partial charge >= 0.3 is 0 Å². The van der Waals surface area contributed by atoms with Crippen LogP contribution in [-0.2, 0) is 14.8 Å². The van der Waals surface area contributed by atoms with Gasteiger partial charge in [0.15, 0.2) is 0 Å². The second-order valence-electron chi connectivity index (χ2n) is 4.98. The molecule has 1 atom stereocenters. The average Bonchev–Trinajstić information content (AvgIpc) is 2.35. The maximum Gasteiger partial charge on any atom is 0.227 e. The molecule has 7 heteroatoms. The van der Waals surface area contributed by atoms with Gasteiger partial charge in [-0.25, -0.2) is 12.7 Å². The van der Waals surface area contributed by atoms with Crippen molar-refractivity contribution in [2.45, 2.75) is 33.6 Å². The van der Waals surface area contributed by atoms with Crippen molar-refractivity contribution >= 4 is 15.9 Å². The third kappa shape index (κ3) is 5.88. The predicted octanol–water partition coefficient (Wildman–Crippen LogP) is 0.149. The van der Waals surface area contributed by atoms with E-state index in [9.17, 15) is 13.2 Å². The molecule has 0 rings (SSSR count). The van der Waals surface area contributed by atoms with Crippen molar-refractivity contribution in [3.05, 3.63) is 0 Å². The second-order valence-corrected chi connectivity index (χ2v) is 6.96. The van der Waals surface area contributed by atoms with E-state index >= 15 is 0 Å². The number of hydrogen-bond acceptors (Lipinski definition) is 4. The molecular weight excluding hydrogens is 266 g/mol. The average molecular weight is 293 g/mol. The van der Waals surface area contributed by atoms with Gasteiger partial charge in [0.05, 0.1) is 11.7 Å². The first kappa shape index (κ1) is 18.3. The molecule has 0 aliphatic rings. The van der Waals surface area contributed by atoms with E-state index in [0.717, 1.165) is 0 Å². The lowest BCUT2D eigenvalue weighted by molar-refractivity contribution is -0.129. The zero-order valence-electron chi connectivity index (χ0n) is 12.4. The molecule has 0 spiro atoms. The number of sulfonamides is 1. The molecule has 114 valence electrons. The molecule has 0 radical (unpaired) electrons. The molecular formula is C12H27N3O3S. The van der Waals surface area contributed by atoms with Crippen molar-refractivity contribution in [2.24, 2.45) is 11.1 Å². The SMILES string of the molecule is CCN(CCCNC(=O)C(C)(CC)CN)S(C)(=O)=O. The molecule has 6 nitrogen and oxygen atoms in total. The molecule has 19 heavy (non-hydrogen) atoms. The Morgan fingerprint density at radius 2 is 1.95 bits per heavy atom. The van der Waals surface area contributed by atoms with Crippen LogP contribution in [0.1, 0.15) is 33.6 Å². The highest BCUT2D eigenvalue weighted by Gasteiger charge is 2.29. The smallest absolute Gasteiger partial charge is 0.227 e. The lowest BCUT2D eigenvalue weighted by Crippen LogP contribution is -2.44. The van der Waals surface area contributed by atoms with Crippen molar-refractivity contribution in [3.63, 3.8) is 0 Å². The zero-order valence-corrected chi connectivity index (χ0v) is 13.2. The monoisotopic (exact) mass is 293 g/mol. The highest BCUT2D eigenvalue weighted by Crippen LogP contribution is 2.18. The van der Waals surface area contributed by atoms with Gasteiger partial charge in [0, 0.05) is 26.2 Å². The van der Waals surface area contributed by atoms with Crippen LogP contribution < -0.4 is 11.1 Å². The van der Waals surface area contributed by atoms with Gasteiger partial charge < -0.3 is 11.1 Å². The lowest BCUT2D eigenvalue weighted by atomic mass is 9.87. The van der Waals surface area contributed by atoms with Crippen LogP contribution in [0.25, 0.3) is 0 Å². The van der Waals surface area contributed by atoms with Gasteiger partial charge in [-0.05, 0) is 19.8 Å². The van der Waals surface area contributed by atoms with Crippen molar-refractivity contribution in [2.75, 3.05) is 32.4 Å². The molecule has 0 bridgehead atoms. The minimum absolute atomic E-state index is 0.0695. The Bertz CT molecular complexity index is 378. The van der Waals surface area contributed by atoms with Gasteiger partial charge in [0.2, 0.25) is 15.9 Å². The van der Waals surface area contributed by atoms with Crippen LogP contribution in [0, 0.1) is 5.41 Å². The van der Waals surface area contributed by atoms with E-state index in [1.807, 2.05) is 13.8 Å². The summed E-state index contributed by atoms with van der Waals surface area (Å²) in [6, 6.07) is 0. The largest absolute Gasteiger partial charge is 0.356 e. The molecule has 0 aliphatic heterocycles. The Balaban J connectivity index is 4.15. The highest BCUT2D eigenvalue weighted by atomic mass is 32.2. The summed E-state index contributed by atoms with van der Waals surface area (Å²) in [5.74, 6) is -0.0695. The predicted molar refractivity (Wildman–Crippen MR) is 77.2 cm³/mol. The minimum atomic E-state index is -3.15. The number of carbonyl (C=O) groups is 1. The first-order chi connectivity index (χ1) is 8.71. The molecule has 1 amide bonds. The Morgan fingerprint density at radius 1 is 1.37 bits per heavy atom. The molecule has 0 fully saturated rings. The van der Waals surface area contributed by atoms with E-state index in [1.165, 1.54) is 10.6 Å². The Hall–Kier alpha value is -0.660. The van der Waals surface area contributed by atoms with Gasteiger partial charge in [-0.15, -0.1) is 0 Å². The number of nitrogens with zero attached hydrogens (tertiary/aromatic N) is 1. The van der Waals surface area contributed by atoms with Crippen LogP contribution >= 0.6 is 0 Å². The van der Waals surface area contributed by atoms with Crippen LogP contribution in [0.3, 0.4) is 0 Å². The van der Waals surface area contributed by atoms with E-state index in [2.05, 4.69) is 5.32 Å². The van der Waals surface area contributed by atoms with E-state index in [4.69, 9.17) is 5.73 Å². The molecule has 0 heterocycles. The topological polar surface area (TPSA) is 92.5 Å². The molecule has 1 unspecified atom stereocenters. The molecule has 0 saturated carbocycles. The fraction of sp³-hybridized carbons (Fsp3) is 0.917. The summed E-state index contributed by atoms with van der Waals surface area (Å²) in [5.41, 5.74) is 5.06. The van der Waals surface area contributed by atoms with Crippen molar-refractivity contribution in [1.82, 2.24) is 9.62 Å². The fourth-order valence-electron chi connectivity index (χ4n) is 1.63. The standard InChI is InChI=1S/C12H27N3O3S/c1-5-12(3,10-13)11(16)14-8-7-9-15(6-2)19(4,17)18/h5-10,13H2,1-4H3,(H,14,16). The van der Waals surface area contributed by atoms with Crippen LogP contribution in [0.15, 0.2) is 0 Å². The number of rotatable bonds is 9. The van der Waals surface area contributed by atoms with E-state index < -0.39 is 15.4 Å². The Morgan fingerprint density at radius 3 is 2.32 bits per heavy atom. The summed E-state index contributed by atoms with van der Waals surface area (Å²) in [6.45, 7) is 7.18. The van der Waals surface area contributed by atoms with Crippen LogP contribution in [-0.4, -0.2) is 51.1 Å². The van der Waals surface area contributed by atoms with E-state index in [0.29, 0.717) is 39.0 Å². The highest BCUT2D eigenvalue weighted by molar-refractivity contribution is 7.88.